The molecule has 0 aliphatic rings. The minimum Gasteiger partial charge on any atom is -0.496 e. The van der Waals surface area contributed by atoms with Crippen molar-refractivity contribution in [1.29, 1.82) is 0 Å². The van der Waals surface area contributed by atoms with Crippen LogP contribution in [0.4, 0.5) is 4.79 Å². The Kier molecular flexibility index (Phi) is 5.09. The summed E-state index contributed by atoms with van der Waals surface area (Å²) in [4.78, 5) is 12.4. The standard InChI is InChI=1S/C11H13BrClNO2/c1-14(11(12)15)6-5-8-7-9(13)3-4-10(8)16-2/h3-4,7H,5-6H2,1-2H3. The number of amides is 1. The zero-order valence-corrected chi connectivity index (χ0v) is 11.5. The first kappa shape index (κ1) is 13.3. The van der Waals surface area contributed by atoms with Crippen molar-refractivity contribution in [2.75, 3.05) is 20.7 Å². The van der Waals surface area contributed by atoms with E-state index in [1.165, 1.54) is 0 Å². The summed E-state index contributed by atoms with van der Waals surface area (Å²) < 4.78 is 5.22. The third-order valence-corrected chi connectivity index (χ3v) is 3.10. The Morgan fingerprint density at radius 2 is 2.25 bits per heavy atom. The van der Waals surface area contributed by atoms with Crippen LogP contribution in [0.1, 0.15) is 5.56 Å². The monoisotopic (exact) mass is 305 g/mol. The molecule has 0 spiro atoms. The van der Waals surface area contributed by atoms with Crippen LogP contribution in [0.3, 0.4) is 0 Å². The first-order valence-electron chi connectivity index (χ1n) is 4.77. The summed E-state index contributed by atoms with van der Waals surface area (Å²) >= 11 is 8.80. The molecular weight excluding hydrogens is 293 g/mol. The van der Waals surface area contributed by atoms with Gasteiger partial charge in [0.1, 0.15) is 5.75 Å². The number of hydrogen-bond acceptors (Lipinski definition) is 2. The van der Waals surface area contributed by atoms with Crippen molar-refractivity contribution in [2.24, 2.45) is 0 Å². The van der Waals surface area contributed by atoms with Crippen LogP contribution in [0, 0.1) is 0 Å². The second-order valence-electron chi connectivity index (χ2n) is 3.38. The molecule has 0 bridgehead atoms. The van der Waals surface area contributed by atoms with Gasteiger partial charge in [0.25, 0.3) is 4.82 Å². The van der Waals surface area contributed by atoms with E-state index >= 15 is 0 Å². The highest BCUT2D eigenvalue weighted by atomic mass is 79.9. The van der Waals surface area contributed by atoms with Crippen molar-refractivity contribution >= 4 is 32.3 Å². The summed E-state index contributed by atoms with van der Waals surface area (Å²) in [5, 5.41) is 0.670. The highest BCUT2D eigenvalue weighted by Gasteiger charge is 2.07. The number of halogens is 2. The molecule has 16 heavy (non-hydrogen) atoms. The van der Waals surface area contributed by atoms with E-state index < -0.39 is 0 Å². The van der Waals surface area contributed by atoms with E-state index in [0.29, 0.717) is 18.0 Å². The van der Waals surface area contributed by atoms with Gasteiger partial charge in [-0.1, -0.05) is 11.6 Å². The van der Waals surface area contributed by atoms with Crippen LogP contribution >= 0.6 is 27.5 Å². The lowest BCUT2D eigenvalue weighted by atomic mass is 10.1. The second-order valence-corrected chi connectivity index (χ2v) is 4.50. The molecule has 0 aromatic heterocycles. The molecule has 1 rings (SSSR count). The first-order chi connectivity index (χ1) is 7.54. The molecule has 0 N–H and O–H groups in total. The molecule has 0 fully saturated rings. The molecule has 3 nitrogen and oxygen atoms in total. The van der Waals surface area contributed by atoms with Gasteiger partial charge in [-0.15, -0.1) is 0 Å². The van der Waals surface area contributed by atoms with Crippen molar-refractivity contribution in [3.63, 3.8) is 0 Å². The Morgan fingerprint density at radius 3 is 2.81 bits per heavy atom. The maximum absolute atomic E-state index is 11.0. The maximum Gasteiger partial charge on any atom is 0.289 e. The lowest BCUT2D eigenvalue weighted by molar-refractivity contribution is 0.235. The normalized spacial score (nSPS) is 10.0. The highest BCUT2D eigenvalue weighted by Crippen LogP contribution is 2.23. The molecule has 0 saturated carbocycles. The van der Waals surface area contributed by atoms with E-state index in [1.807, 2.05) is 12.1 Å². The maximum atomic E-state index is 11.0. The molecule has 5 heteroatoms. The summed E-state index contributed by atoms with van der Waals surface area (Å²) in [5.74, 6) is 0.792. The lowest BCUT2D eigenvalue weighted by Gasteiger charge is -2.15. The third kappa shape index (κ3) is 3.68. The van der Waals surface area contributed by atoms with Crippen LogP contribution in [0.5, 0.6) is 5.75 Å². The van der Waals surface area contributed by atoms with Crippen LogP contribution in [-0.2, 0) is 6.42 Å². The average molecular weight is 307 g/mol. The van der Waals surface area contributed by atoms with Gasteiger partial charge in [0.15, 0.2) is 0 Å². The molecule has 0 aliphatic heterocycles. The number of ether oxygens (including phenoxy) is 1. The van der Waals surface area contributed by atoms with Crippen LogP contribution < -0.4 is 4.74 Å². The number of rotatable bonds is 4. The molecular formula is C11H13BrClNO2. The lowest BCUT2D eigenvalue weighted by Crippen LogP contribution is -2.23. The fraction of sp³-hybridized carbons (Fsp3) is 0.364. The van der Waals surface area contributed by atoms with Gasteiger partial charge in [-0.2, -0.15) is 0 Å². The molecule has 0 radical (unpaired) electrons. The number of benzene rings is 1. The molecule has 1 amide bonds. The molecule has 0 unspecified atom stereocenters. The Morgan fingerprint density at radius 1 is 1.56 bits per heavy atom. The summed E-state index contributed by atoms with van der Waals surface area (Å²) in [6, 6.07) is 5.46. The van der Waals surface area contributed by atoms with Crippen LogP contribution in [0.15, 0.2) is 18.2 Å². The fourth-order valence-corrected chi connectivity index (χ4v) is 1.69. The number of methoxy groups -OCH3 is 1. The van der Waals surface area contributed by atoms with Crippen molar-refractivity contribution in [3.8, 4) is 5.75 Å². The van der Waals surface area contributed by atoms with Crippen molar-refractivity contribution < 1.29 is 9.53 Å². The summed E-state index contributed by atoms with van der Waals surface area (Å²) in [6.45, 7) is 0.612. The number of nitrogens with zero attached hydrogens (tertiary/aromatic N) is 1. The zero-order chi connectivity index (χ0) is 12.1. The summed E-state index contributed by atoms with van der Waals surface area (Å²) in [7, 11) is 3.35. The molecule has 0 saturated heterocycles. The minimum absolute atomic E-state index is 0.131. The Bertz CT molecular complexity index is 384. The predicted octanol–water partition coefficient (Wildman–Crippen LogP) is 3.34. The Labute approximate surface area is 108 Å². The van der Waals surface area contributed by atoms with Gasteiger partial charge in [-0.05, 0) is 30.2 Å². The minimum atomic E-state index is -0.131. The van der Waals surface area contributed by atoms with Crippen LogP contribution in [0.2, 0.25) is 5.02 Å². The third-order valence-electron chi connectivity index (χ3n) is 2.26. The molecule has 0 heterocycles. The van der Waals surface area contributed by atoms with Crippen LogP contribution in [0.25, 0.3) is 0 Å². The van der Waals surface area contributed by atoms with Gasteiger partial charge >= 0.3 is 0 Å². The first-order valence-corrected chi connectivity index (χ1v) is 5.94. The van der Waals surface area contributed by atoms with E-state index in [4.69, 9.17) is 16.3 Å². The number of carbonyl (C=O) groups is 1. The molecule has 1 aromatic rings. The van der Waals surface area contributed by atoms with Gasteiger partial charge in [-0.25, -0.2) is 0 Å². The molecule has 88 valence electrons. The quantitative estimate of drug-likeness (QED) is 0.631. The van der Waals surface area contributed by atoms with Crippen LogP contribution in [-0.4, -0.2) is 30.4 Å². The summed E-state index contributed by atoms with van der Waals surface area (Å²) in [6.07, 6.45) is 0.706. The largest absolute Gasteiger partial charge is 0.496 e. The van der Waals surface area contributed by atoms with Gasteiger partial charge in [0.05, 0.1) is 7.11 Å². The second kappa shape index (κ2) is 6.11. The van der Waals surface area contributed by atoms with E-state index in [-0.39, 0.29) is 4.82 Å². The van der Waals surface area contributed by atoms with Gasteiger partial charge in [-0.3, -0.25) is 4.79 Å². The van der Waals surface area contributed by atoms with Gasteiger partial charge in [0.2, 0.25) is 0 Å². The SMILES string of the molecule is COc1ccc(Cl)cc1CCN(C)C(=O)Br. The van der Waals surface area contributed by atoms with Crippen molar-refractivity contribution in [1.82, 2.24) is 4.90 Å². The van der Waals surface area contributed by atoms with Crippen molar-refractivity contribution in [2.45, 2.75) is 6.42 Å². The van der Waals surface area contributed by atoms with Gasteiger partial charge in [0, 0.05) is 34.5 Å². The topological polar surface area (TPSA) is 29.5 Å². The number of hydrogen-bond donors (Lipinski definition) is 0. The van der Waals surface area contributed by atoms with E-state index in [9.17, 15) is 4.79 Å². The number of likely N-dealkylation sites (N-methyl/N-ethyl adjacent to an activating group) is 1. The number of carbonyl (C=O) groups excluding carboxylic acids is 1. The fourth-order valence-electron chi connectivity index (χ4n) is 1.32. The zero-order valence-electron chi connectivity index (χ0n) is 9.17. The highest BCUT2D eigenvalue weighted by molar-refractivity contribution is 9.18. The average Bonchev–Trinajstić information content (AvgIpc) is 2.25. The van der Waals surface area contributed by atoms with Gasteiger partial charge < -0.3 is 9.64 Å². The van der Waals surface area contributed by atoms with E-state index in [0.717, 1.165) is 11.3 Å². The smallest absolute Gasteiger partial charge is 0.289 e. The van der Waals surface area contributed by atoms with Crippen molar-refractivity contribution in [3.05, 3.63) is 28.8 Å². The molecule has 0 aliphatic carbocycles. The molecule has 1 aromatic carbocycles. The Balaban J connectivity index is 2.72. The van der Waals surface area contributed by atoms with E-state index in [2.05, 4.69) is 15.9 Å². The Hall–Kier alpha value is -0.740. The van der Waals surface area contributed by atoms with E-state index in [1.54, 1.807) is 25.1 Å². The molecule has 0 atom stereocenters. The predicted molar refractivity (Wildman–Crippen MR) is 68.7 cm³/mol. The summed E-state index contributed by atoms with van der Waals surface area (Å²) in [5.41, 5.74) is 0.996.